The second-order valence-corrected chi connectivity index (χ2v) is 10.7. The Balaban J connectivity index is 0.000000762. The molecule has 16 heteroatoms. The van der Waals surface area contributed by atoms with Crippen LogP contribution in [0.1, 0.15) is 47.1 Å². The second-order valence-electron chi connectivity index (χ2n) is 9.14. The number of carbonyl (C=O) groups excluding carboxylic acids is 1. The number of nitrogens with zero attached hydrogens (tertiary/aromatic N) is 4. The lowest BCUT2D eigenvalue weighted by Crippen LogP contribution is -2.49. The number of carboxylic acid groups (broad SMARTS) is 1. The molecule has 1 amide bonds. The number of ether oxygens (including phenoxy) is 1. The normalized spacial score (nSPS) is 19.2. The molecule has 0 aliphatic carbocycles. The Morgan fingerprint density at radius 3 is 2.23 bits per heavy atom. The number of nitrogens with one attached hydrogen (secondary N) is 1. The maximum absolute atomic E-state index is 13.8. The SMILES string of the molecule is CC(C)n1cc(N(C[C@@H]2C[C@@H](F)CN2C)S(=O)(=O)NC(=O)OC(C)(C)C)cn1.O=C(O)C(F)(F)F. The summed E-state index contributed by atoms with van der Waals surface area (Å²) in [6, 6.07) is -0.297. The third-order valence-electron chi connectivity index (χ3n) is 4.56. The van der Waals surface area contributed by atoms with E-state index in [0.29, 0.717) is 5.69 Å². The van der Waals surface area contributed by atoms with Crippen LogP contribution in [0.15, 0.2) is 12.4 Å². The van der Waals surface area contributed by atoms with Gasteiger partial charge in [0.2, 0.25) is 0 Å². The molecule has 1 aliphatic rings. The minimum absolute atomic E-state index is 0.0150. The van der Waals surface area contributed by atoms with Crippen molar-refractivity contribution in [2.45, 2.75) is 71.1 Å². The van der Waals surface area contributed by atoms with E-state index in [9.17, 15) is 30.8 Å². The van der Waals surface area contributed by atoms with E-state index in [4.69, 9.17) is 14.6 Å². The summed E-state index contributed by atoms with van der Waals surface area (Å²) in [6.45, 7) is 8.96. The predicted molar refractivity (Wildman–Crippen MR) is 118 cm³/mol. The van der Waals surface area contributed by atoms with Gasteiger partial charge in [-0.3, -0.25) is 9.58 Å². The summed E-state index contributed by atoms with van der Waals surface area (Å²) in [4.78, 5) is 22.7. The molecule has 0 radical (unpaired) electrons. The number of halogens is 4. The van der Waals surface area contributed by atoms with Crippen LogP contribution in [0, 0.1) is 0 Å². The summed E-state index contributed by atoms with van der Waals surface area (Å²) < 4.78 is 81.1. The minimum atomic E-state index is -5.08. The van der Waals surface area contributed by atoms with E-state index in [2.05, 4.69) is 5.10 Å². The van der Waals surface area contributed by atoms with Crippen molar-refractivity contribution in [1.82, 2.24) is 19.4 Å². The lowest BCUT2D eigenvalue weighted by Gasteiger charge is -2.29. The fourth-order valence-corrected chi connectivity index (χ4v) is 4.06. The molecule has 0 bridgehead atoms. The summed E-state index contributed by atoms with van der Waals surface area (Å²) in [6.07, 6.45) is -3.96. The molecule has 11 nitrogen and oxygen atoms in total. The Hall–Kier alpha value is -2.62. The average Bonchev–Trinajstić information content (AvgIpc) is 3.23. The molecule has 0 aromatic carbocycles. The highest BCUT2D eigenvalue weighted by Crippen LogP contribution is 2.25. The van der Waals surface area contributed by atoms with Crippen LogP contribution in [0.25, 0.3) is 0 Å². The van der Waals surface area contributed by atoms with E-state index in [-0.39, 0.29) is 31.6 Å². The van der Waals surface area contributed by atoms with Gasteiger partial charge in [0.25, 0.3) is 0 Å². The van der Waals surface area contributed by atoms with Gasteiger partial charge in [-0.2, -0.15) is 26.7 Å². The van der Waals surface area contributed by atoms with Crippen molar-refractivity contribution in [2.75, 3.05) is 24.4 Å². The highest BCUT2D eigenvalue weighted by Gasteiger charge is 2.38. The first kappa shape index (κ1) is 30.4. The number of aliphatic carboxylic acids is 1. The van der Waals surface area contributed by atoms with Crippen molar-refractivity contribution in [3.8, 4) is 0 Å². The molecule has 0 saturated carbocycles. The van der Waals surface area contributed by atoms with E-state index in [1.165, 1.54) is 6.20 Å². The molecule has 1 aromatic rings. The molecule has 2 atom stereocenters. The Morgan fingerprint density at radius 1 is 1.31 bits per heavy atom. The van der Waals surface area contributed by atoms with Crippen LogP contribution in [0.4, 0.5) is 28.0 Å². The molecule has 1 aromatic heterocycles. The first-order valence-corrected chi connectivity index (χ1v) is 11.9. The zero-order valence-electron chi connectivity index (χ0n) is 20.2. The van der Waals surface area contributed by atoms with Gasteiger partial charge in [0.1, 0.15) is 11.8 Å². The van der Waals surface area contributed by atoms with Gasteiger partial charge < -0.3 is 9.84 Å². The third kappa shape index (κ3) is 9.87. The first-order chi connectivity index (χ1) is 15.7. The van der Waals surface area contributed by atoms with Crippen molar-refractivity contribution < 1.29 is 45.4 Å². The van der Waals surface area contributed by atoms with Gasteiger partial charge in [0, 0.05) is 24.8 Å². The van der Waals surface area contributed by atoms with Crippen molar-refractivity contribution in [1.29, 1.82) is 0 Å². The summed E-state index contributed by atoms with van der Waals surface area (Å²) in [5.74, 6) is -2.76. The molecule has 0 unspecified atom stereocenters. The minimum Gasteiger partial charge on any atom is -0.475 e. The largest absolute Gasteiger partial charge is 0.490 e. The Morgan fingerprint density at radius 2 is 1.86 bits per heavy atom. The number of likely N-dealkylation sites (N-methyl/N-ethyl adjacent to an activating group) is 1. The molecule has 202 valence electrons. The Labute approximate surface area is 201 Å². The smallest absolute Gasteiger partial charge is 0.475 e. The quantitative estimate of drug-likeness (QED) is 0.533. The molecule has 2 N–H and O–H groups in total. The molecule has 1 fully saturated rings. The number of hydrogen-bond acceptors (Lipinski definition) is 7. The molecular formula is C19H31F4N5O6S. The van der Waals surface area contributed by atoms with Crippen LogP contribution < -0.4 is 9.03 Å². The maximum Gasteiger partial charge on any atom is 0.490 e. The number of rotatable bonds is 6. The monoisotopic (exact) mass is 533 g/mol. The van der Waals surface area contributed by atoms with Gasteiger partial charge in [-0.05, 0) is 48.1 Å². The Bertz CT molecular complexity index is 977. The van der Waals surface area contributed by atoms with Crippen LogP contribution in [-0.2, 0) is 19.7 Å². The molecule has 2 rings (SSSR count). The third-order valence-corrected chi connectivity index (χ3v) is 5.93. The van der Waals surface area contributed by atoms with Crippen LogP contribution in [0.3, 0.4) is 0 Å². The van der Waals surface area contributed by atoms with Crippen molar-refractivity contribution in [3.05, 3.63) is 12.4 Å². The fourth-order valence-electron chi connectivity index (χ4n) is 2.96. The molecule has 35 heavy (non-hydrogen) atoms. The Kier molecular flexibility index (Phi) is 9.91. The number of anilines is 1. The van der Waals surface area contributed by atoms with E-state index in [0.717, 1.165) is 4.31 Å². The number of aromatic nitrogens is 2. The zero-order chi connectivity index (χ0) is 27.4. The number of carbonyl (C=O) groups is 2. The van der Waals surface area contributed by atoms with Crippen LogP contribution >= 0.6 is 0 Å². The number of amides is 1. The van der Waals surface area contributed by atoms with Crippen LogP contribution in [0.2, 0.25) is 0 Å². The molecule has 1 saturated heterocycles. The van der Waals surface area contributed by atoms with Gasteiger partial charge >= 0.3 is 28.4 Å². The molecule has 2 heterocycles. The highest BCUT2D eigenvalue weighted by atomic mass is 32.2. The average molecular weight is 534 g/mol. The topological polar surface area (TPSA) is 134 Å². The van der Waals surface area contributed by atoms with Crippen LogP contribution in [0.5, 0.6) is 0 Å². The van der Waals surface area contributed by atoms with E-state index < -0.39 is 40.2 Å². The van der Waals surface area contributed by atoms with E-state index in [1.54, 1.807) is 43.6 Å². The molecular weight excluding hydrogens is 502 g/mol. The van der Waals surface area contributed by atoms with E-state index >= 15 is 0 Å². The standard InChI is InChI=1S/C17H30FN5O4S.C2HF3O2/c1-12(2)22-10-15(8-19-22)23(11-14-7-13(18)9-21(14)6)28(25,26)20-16(24)27-17(3,4)5;3-2(4,5)1(6)7/h8,10,12-14H,7,9,11H2,1-6H3,(H,20,24);(H,6,7)/t13-,14+;/m1./s1. The van der Waals surface area contributed by atoms with Crippen molar-refractivity contribution in [2.24, 2.45) is 0 Å². The lowest BCUT2D eigenvalue weighted by molar-refractivity contribution is -0.192. The number of hydrogen-bond donors (Lipinski definition) is 2. The number of alkyl halides is 4. The summed E-state index contributed by atoms with van der Waals surface area (Å²) in [5, 5.41) is 11.3. The molecule has 1 aliphatic heterocycles. The van der Waals surface area contributed by atoms with Gasteiger partial charge in [0.05, 0.1) is 18.4 Å². The highest BCUT2D eigenvalue weighted by molar-refractivity contribution is 7.91. The van der Waals surface area contributed by atoms with Crippen LogP contribution in [-0.4, -0.2) is 84.4 Å². The first-order valence-electron chi connectivity index (χ1n) is 10.4. The van der Waals surface area contributed by atoms with Gasteiger partial charge in [-0.1, -0.05) is 0 Å². The second kappa shape index (κ2) is 11.4. The lowest BCUT2D eigenvalue weighted by atomic mass is 10.2. The predicted octanol–water partition coefficient (Wildman–Crippen LogP) is 2.72. The molecule has 0 spiro atoms. The number of likely N-dealkylation sites (tertiary alicyclic amines) is 1. The fraction of sp³-hybridized carbons (Fsp3) is 0.737. The zero-order valence-corrected chi connectivity index (χ0v) is 21.0. The van der Waals surface area contributed by atoms with Crippen molar-refractivity contribution >= 4 is 28.0 Å². The summed E-state index contributed by atoms with van der Waals surface area (Å²) in [7, 11) is -2.54. The number of carboxylic acids is 1. The van der Waals surface area contributed by atoms with Crippen molar-refractivity contribution in [3.63, 3.8) is 0 Å². The van der Waals surface area contributed by atoms with Gasteiger partial charge in [-0.15, -0.1) is 0 Å². The van der Waals surface area contributed by atoms with E-state index in [1.807, 2.05) is 18.6 Å². The van der Waals surface area contributed by atoms with Gasteiger partial charge in [-0.25, -0.2) is 23.0 Å². The maximum atomic E-state index is 13.8. The van der Waals surface area contributed by atoms with Gasteiger partial charge in [0.15, 0.2) is 0 Å². The summed E-state index contributed by atoms with van der Waals surface area (Å²) in [5.41, 5.74) is -0.555. The summed E-state index contributed by atoms with van der Waals surface area (Å²) >= 11 is 0.